The topological polar surface area (TPSA) is 20.2 Å². The largest absolute Gasteiger partial charge is 0.508 e. The van der Waals surface area contributed by atoms with Crippen LogP contribution in [0.5, 0.6) is 5.75 Å². The van der Waals surface area contributed by atoms with Crippen LogP contribution in [0.4, 0.5) is 0 Å². The zero-order valence-electron chi connectivity index (χ0n) is 11.9. The summed E-state index contributed by atoms with van der Waals surface area (Å²) in [5.74, 6) is 0.439. The molecule has 0 saturated carbocycles. The van der Waals surface area contributed by atoms with Crippen LogP contribution in [0.15, 0.2) is 12.1 Å². The predicted molar refractivity (Wildman–Crippen MR) is 74.8 cm³/mol. The fraction of sp³-hybridized carbons (Fsp3) is 0.625. The van der Waals surface area contributed by atoms with Crippen LogP contribution in [0.1, 0.15) is 63.6 Å². The minimum Gasteiger partial charge on any atom is -0.508 e. The van der Waals surface area contributed by atoms with E-state index in [0.29, 0.717) is 5.75 Å². The average molecular weight is 234 g/mol. The van der Waals surface area contributed by atoms with Gasteiger partial charge in [0.1, 0.15) is 5.75 Å². The van der Waals surface area contributed by atoms with Crippen molar-refractivity contribution in [2.75, 3.05) is 0 Å². The molecule has 0 heterocycles. The highest BCUT2D eigenvalue weighted by molar-refractivity contribution is 5.44. The number of aryl methyl sites for hydroxylation is 2. The van der Waals surface area contributed by atoms with Crippen molar-refractivity contribution >= 4 is 0 Å². The van der Waals surface area contributed by atoms with Gasteiger partial charge in [0.2, 0.25) is 0 Å². The van der Waals surface area contributed by atoms with Gasteiger partial charge in [0, 0.05) is 0 Å². The molecule has 0 saturated heterocycles. The van der Waals surface area contributed by atoms with Gasteiger partial charge in [0.25, 0.3) is 0 Å². The average Bonchev–Trinajstić information content (AvgIpc) is 2.19. The molecule has 1 N–H and O–H groups in total. The van der Waals surface area contributed by atoms with Crippen molar-refractivity contribution in [3.05, 3.63) is 28.8 Å². The summed E-state index contributed by atoms with van der Waals surface area (Å²) < 4.78 is 0. The summed E-state index contributed by atoms with van der Waals surface area (Å²) in [4.78, 5) is 0. The molecule has 1 heteroatoms. The fourth-order valence-corrected chi connectivity index (χ4v) is 2.17. The summed E-state index contributed by atoms with van der Waals surface area (Å²) in [5, 5.41) is 10.0. The Morgan fingerprint density at radius 3 is 2.29 bits per heavy atom. The molecule has 17 heavy (non-hydrogen) atoms. The van der Waals surface area contributed by atoms with Crippen LogP contribution in [0.3, 0.4) is 0 Å². The number of aromatic hydroxyl groups is 1. The maximum absolute atomic E-state index is 10.0. The van der Waals surface area contributed by atoms with E-state index in [2.05, 4.69) is 40.7 Å². The number of benzene rings is 1. The van der Waals surface area contributed by atoms with Gasteiger partial charge < -0.3 is 5.11 Å². The summed E-state index contributed by atoms with van der Waals surface area (Å²) in [6.07, 6.45) is 4.91. The van der Waals surface area contributed by atoms with Crippen LogP contribution >= 0.6 is 0 Å². The predicted octanol–water partition coefficient (Wildman–Crippen LogP) is 4.73. The fourth-order valence-electron chi connectivity index (χ4n) is 2.17. The first-order valence-electron chi connectivity index (χ1n) is 6.69. The van der Waals surface area contributed by atoms with Crippen LogP contribution in [0.25, 0.3) is 0 Å². The summed E-state index contributed by atoms with van der Waals surface area (Å²) in [6, 6.07) is 4.11. The second kappa shape index (κ2) is 5.57. The minimum atomic E-state index is 0.0112. The number of hydrogen-bond donors (Lipinski definition) is 1. The van der Waals surface area contributed by atoms with E-state index in [-0.39, 0.29) is 5.41 Å². The van der Waals surface area contributed by atoms with E-state index < -0.39 is 0 Å². The Bertz CT molecular complexity index is 372. The van der Waals surface area contributed by atoms with Crippen molar-refractivity contribution in [1.82, 2.24) is 0 Å². The van der Waals surface area contributed by atoms with E-state index in [0.717, 1.165) is 12.0 Å². The molecule has 1 aromatic carbocycles. The van der Waals surface area contributed by atoms with E-state index in [9.17, 15) is 5.11 Å². The summed E-state index contributed by atoms with van der Waals surface area (Å²) in [7, 11) is 0. The van der Waals surface area contributed by atoms with E-state index in [4.69, 9.17) is 0 Å². The zero-order valence-corrected chi connectivity index (χ0v) is 11.9. The number of rotatable bonds is 4. The molecular weight excluding hydrogens is 208 g/mol. The first-order valence-corrected chi connectivity index (χ1v) is 6.69. The molecule has 0 amide bonds. The third kappa shape index (κ3) is 3.76. The molecule has 1 aromatic rings. The SMILES string of the molecule is CCCCCc1cc(C(C)(C)C)c(O)cc1C. The summed E-state index contributed by atoms with van der Waals surface area (Å²) in [6.45, 7) is 10.8. The number of phenols is 1. The van der Waals surface area contributed by atoms with Crippen LogP contribution in [0.2, 0.25) is 0 Å². The molecule has 0 aliphatic rings. The highest BCUT2D eigenvalue weighted by Gasteiger charge is 2.19. The second-order valence-electron chi connectivity index (χ2n) is 6.00. The van der Waals surface area contributed by atoms with Gasteiger partial charge in [-0.25, -0.2) is 0 Å². The first-order chi connectivity index (χ1) is 7.86. The lowest BCUT2D eigenvalue weighted by atomic mass is 9.84. The van der Waals surface area contributed by atoms with E-state index in [1.165, 1.54) is 30.4 Å². The van der Waals surface area contributed by atoms with Crippen molar-refractivity contribution in [1.29, 1.82) is 0 Å². The Morgan fingerprint density at radius 1 is 1.12 bits per heavy atom. The summed E-state index contributed by atoms with van der Waals surface area (Å²) in [5.41, 5.74) is 3.68. The van der Waals surface area contributed by atoms with Gasteiger partial charge in [0.15, 0.2) is 0 Å². The Morgan fingerprint density at radius 2 is 1.76 bits per heavy atom. The molecule has 1 rings (SSSR count). The Balaban J connectivity index is 2.98. The molecular formula is C16H26O. The van der Waals surface area contributed by atoms with E-state index in [1.807, 2.05) is 6.07 Å². The van der Waals surface area contributed by atoms with Crippen molar-refractivity contribution < 1.29 is 5.11 Å². The van der Waals surface area contributed by atoms with Crippen LogP contribution in [0, 0.1) is 6.92 Å². The van der Waals surface area contributed by atoms with E-state index >= 15 is 0 Å². The Kier molecular flexibility index (Phi) is 4.62. The number of hydrogen-bond acceptors (Lipinski definition) is 1. The Hall–Kier alpha value is -0.980. The molecule has 0 aliphatic carbocycles. The van der Waals surface area contributed by atoms with Crippen molar-refractivity contribution in [2.45, 2.75) is 65.7 Å². The van der Waals surface area contributed by atoms with Crippen molar-refractivity contribution in [3.63, 3.8) is 0 Å². The van der Waals surface area contributed by atoms with Gasteiger partial charge in [-0.2, -0.15) is 0 Å². The maximum Gasteiger partial charge on any atom is 0.119 e. The summed E-state index contributed by atoms with van der Waals surface area (Å²) >= 11 is 0. The lowest BCUT2D eigenvalue weighted by molar-refractivity contribution is 0.445. The Labute approximate surface area is 106 Å². The molecule has 0 unspecified atom stereocenters. The molecule has 0 bridgehead atoms. The van der Waals surface area contributed by atoms with Crippen molar-refractivity contribution in [3.8, 4) is 5.75 Å². The van der Waals surface area contributed by atoms with Gasteiger partial charge in [-0.15, -0.1) is 0 Å². The quantitative estimate of drug-likeness (QED) is 0.747. The third-order valence-electron chi connectivity index (χ3n) is 3.31. The molecule has 96 valence electrons. The van der Waals surface area contributed by atoms with Gasteiger partial charge in [0.05, 0.1) is 0 Å². The molecule has 1 nitrogen and oxygen atoms in total. The van der Waals surface area contributed by atoms with Crippen LogP contribution in [-0.2, 0) is 11.8 Å². The second-order valence-corrected chi connectivity index (χ2v) is 6.00. The molecule has 0 aliphatic heterocycles. The number of phenolic OH excluding ortho intramolecular Hbond substituents is 1. The molecule has 0 spiro atoms. The van der Waals surface area contributed by atoms with Crippen LogP contribution < -0.4 is 0 Å². The number of unbranched alkanes of at least 4 members (excludes halogenated alkanes) is 2. The molecule has 0 atom stereocenters. The molecule has 0 fully saturated rings. The van der Waals surface area contributed by atoms with Crippen LogP contribution in [-0.4, -0.2) is 5.11 Å². The van der Waals surface area contributed by atoms with Gasteiger partial charge >= 0.3 is 0 Å². The smallest absolute Gasteiger partial charge is 0.119 e. The lowest BCUT2D eigenvalue weighted by Crippen LogP contribution is -2.12. The minimum absolute atomic E-state index is 0.0112. The molecule has 0 radical (unpaired) electrons. The highest BCUT2D eigenvalue weighted by atomic mass is 16.3. The normalized spacial score (nSPS) is 11.8. The monoisotopic (exact) mass is 234 g/mol. The maximum atomic E-state index is 10.0. The standard InChI is InChI=1S/C16H26O/c1-6-7-8-9-13-11-14(16(3,4)5)15(17)10-12(13)2/h10-11,17H,6-9H2,1-5H3. The molecule has 0 aromatic heterocycles. The highest BCUT2D eigenvalue weighted by Crippen LogP contribution is 2.33. The lowest BCUT2D eigenvalue weighted by Gasteiger charge is -2.22. The van der Waals surface area contributed by atoms with Gasteiger partial charge in [-0.3, -0.25) is 0 Å². The van der Waals surface area contributed by atoms with Gasteiger partial charge in [-0.05, 0) is 47.9 Å². The van der Waals surface area contributed by atoms with Gasteiger partial charge in [-0.1, -0.05) is 46.6 Å². The zero-order chi connectivity index (χ0) is 13.1. The third-order valence-corrected chi connectivity index (χ3v) is 3.31. The first kappa shape index (κ1) is 14.1. The van der Waals surface area contributed by atoms with Crippen molar-refractivity contribution in [2.24, 2.45) is 0 Å². The van der Waals surface area contributed by atoms with E-state index in [1.54, 1.807) is 0 Å².